The third-order valence-corrected chi connectivity index (χ3v) is 5.58. The number of benzene rings is 2. The highest BCUT2D eigenvalue weighted by atomic mass is 32.2. The molecule has 3 N–H and O–H groups in total. The molecule has 0 unspecified atom stereocenters. The summed E-state index contributed by atoms with van der Waals surface area (Å²) in [5.74, 6) is 0.171. The lowest BCUT2D eigenvalue weighted by Gasteiger charge is -2.34. The van der Waals surface area contributed by atoms with Crippen molar-refractivity contribution in [3.63, 3.8) is 0 Å². The maximum Gasteiger partial charge on any atom is 0.264 e. The SMILES string of the molecule is Cc1ccc(S(=O)(=O)N2C[C@@H](/C(N)=N\O)Oc3ccccc32)cc1. The monoisotopic (exact) mass is 347 g/mol. The molecule has 0 aromatic heterocycles. The minimum atomic E-state index is -3.81. The van der Waals surface area contributed by atoms with Crippen molar-refractivity contribution in [1.29, 1.82) is 0 Å². The van der Waals surface area contributed by atoms with E-state index in [1.165, 1.54) is 4.31 Å². The molecule has 1 heterocycles. The molecular formula is C16H17N3O4S. The summed E-state index contributed by atoms with van der Waals surface area (Å²) in [6.45, 7) is 1.80. The molecule has 126 valence electrons. The number of amidine groups is 1. The minimum Gasteiger partial charge on any atom is -0.478 e. The summed E-state index contributed by atoms with van der Waals surface area (Å²) in [6, 6.07) is 13.3. The molecule has 0 saturated heterocycles. The van der Waals surface area contributed by atoms with Gasteiger partial charge in [0, 0.05) is 0 Å². The predicted octanol–water partition coefficient (Wildman–Crippen LogP) is 1.70. The first kappa shape index (κ1) is 16.1. The van der Waals surface area contributed by atoms with E-state index in [-0.39, 0.29) is 17.3 Å². The van der Waals surface area contributed by atoms with Crippen LogP contribution >= 0.6 is 0 Å². The lowest BCUT2D eigenvalue weighted by molar-refractivity contribution is 0.247. The van der Waals surface area contributed by atoms with Crippen molar-refractivity contribution in [2.24, 2.45) is 10.9 Å². The van der Waals surface area contributed by atoms with Gasteiger partial charge in [0.2, 0.25) is 0 Å². The van der Waals surface area contributed by atoms with Crippen molar-refractivity contribution in [1.82, 2.24) is 0 Å². The van der Waals surface area contributed by atoms with Crippen LogP contribution < -0.4 is 14.8 Å². The Labute approximate surface area is 140 Å². The van der Waals surface area contributed by atoms with Gasteiger partial charge in [0.05, 0.1) is 17.1 Å². The zero-order valence-corrected chi connectivity index (χ0v) is 13.8. The second-order valence-electron chi connectivity index (χ2n) is 5.45. The Morgan fingerprint density at radius 2 is 1.92 bits per heavy atom. The maximum absolute atomic E-state index is 13.0. The average molecular weight is 347 g/mol. The normalized spacial score (nSPS) is 18.0. The van der Waals surface area contributed by atoms with E-state index in [1.54, 1.807) is 48.5 Å². The average Bonchev–Trinajstić information content (AvgIpc) is 2.60. The van der Waals surface area contributed by atoms with Crippen molar-refractivity contribution in [3.8, 4) is 5.75 Å². The van der Waals surface area contributed by atoms with Crippen LogP contribution in [0.5, 0.6) is 5.75 Å². The van der Waals surface area contributed by atoms with Gasteiger partial charge in [-0.2, -0.15) is 0 Å². The number of oxime groups is 1. The summed E-state index contributed by atoms with van der Waals surface area (Å²) >= 11 is 0. The van der Waals surface area contributed by atoms with Crippen molar-refractivity contribution in [2.75, 3.05) is 10.8 Å². The van der Waals surface area contributed by atoms with Crippen molar-refractivity contribution < 1.29 is 18.4 Å². The second-order valence-corrected chi connectivity index (χ2v) is 7.31. The van der Waals surface area contributed by atoms with E-state index in [2.05, 4.69) is 5.16 Å². The molecule has 7 nitrogen and oxygen atoms in total. The largest absolute Gasteiger partial charge is 0.478 e. The molecule has 0 saturated carbocycles. The number of hydrogen-bond donors (Lipinski definition) is 2. The van der Waals surface area contributed by atoms with Gasteiger partial charge in [0.1, 0.15) is 5.75 Å². The molecule has 1 atom stereocenters. The molecule has 2 aromatic carbocycles. The van der Waals surface area contributed by atoms with Gasteiger partial charge in [-0.05, 0) is 31.2 Å². The van der Waals surface area contributed by atoms with Crippen molar-refractivity contribution in [2.45, 2.75) is 17.9 Å². The number of nitrogens with two attached hydrogens (primary N) is 1. The molecule has 1 aliphatic rings. The second kappa shape index (κ2) is 6.04. The molecule has 0 aliphatic carbocycles. The van der Waals surface area contributed by atoms with E-state index in [0.29, 0.717) is 11.4 Å². The fourth-order valence-electron chi connectivity index (χ4n) is 2.49. The Morgan fingerprint density at radius 3 is 2.58 bits per heavy atom. The van der Waals surface area contributed by atoms with Crippen LogP contribution in [-0.4, -0.2) is 32.1 Å². The highest BCUT2D eigenvalue weighted by molar-refractivity contribution is 7.92. The zero-order valence-electron chi connectivity index (χ0n) is 13.0. The van der Waals surface area contributed by atoms with Gasteiger partial charge < -0.3 is 15.7 Å². The highest BCUT2D eigenvalue weighted by Crippen LogP contribution is 2.36. The van der Waals surface area contributed by atoms with Crippen LogP contribution in [0.15, 0.2) is 58.6 Å². The summed E-state index contributed by atoms with van der Waals surface area (Å²) in [6.07, 6.45) is -0.870. The molecule has 24 heavy (non-hydrogen) atoms. The van der Waals surface area contributed by atoms with Gasteiger partial charge in [-0.1, -0.05) is 35.0 Å². The van der Waals surface area contributed by atoms with Crippen LogP contribution in [-0.2, 0) is 10.0 Å². The quantitative estimate of drug-likeness (QED) is 0.380. The van der Waals surface area contributed by atoms with E-state index in [9.17, 15) is 8.42 Å². The number of nitrogens with zero attached hydrogens (tertiary/aromatic N) is 2. The van der Waals surface area contributed by atoms with E-state index < -0.39 is 16.1 Å². The molecule has 0 spiro atoms. The van der Waals surface area contributed by atoms with Crippen LogP contribution in [0, 0.1) is 6.92 Å². The molecule has 3 rings (SSSR count). The Bertz CT molecular complexity index is 878. The lowest BCUT2D eigenvalue weighted by Crippen LogP contribution is -2.49. The minimum absolute atomic E-state index is 0.0802. The number of hydrogen-bond acceptors (Lipinski definition) is 5. The van der Waals surface area contributed by atoms with Crippen molar-refractivity contribution in [3.05, 3.63) is 54.1 Å². The van der Waals surface area contributed by atoms with Gasteiger partial charge in [0.25, 0.3) is 10.0 Å². The topological polar surface area (TPSA) is 105 Å². The fraction of sp³-hybridized carbons (Fsp3) is 0.188. The van der Waals surface area contributed by atoms with Crippen LogP contribution in [0.3, 0.4) is 0 Å². The smallest absolute Gasteiger partial charge is 0.264 e. The molecule has 0 amide bonds. The molecule has 0 fully saturated rings. The summed E-state index contributed by atoms with van der Waals surface area (Å²) in [7, 11) is -3.81. The fourth-order valence-corrected chi connectivity index (χ4v) is 3.96. The zero-order chi connectivity index (χ0) is 17.3. The number of anilines is 1. The first-order chi connectivity index (χ1) is 11.4. The Balaban J connectivity index is 2.09. The first-order valence-electron chi connectivity index (χ1n) is 7.26. The van der Waals surface area contributed by atoms with Crippen molar-refractivity contribution >= 4 is 21.5 Å². The Morgan fingerprint density at radius 1 is 1.25 bits per heavy atom. The molecule has 2 aromatic rings. The van der Waals surface area contributed by atoms with Gasteiger partial charge in [-0.25, -0.2) is 8.42 Å². The van der Waals surface area contributed by atoms with Crippen LogP contribution in [0.25, 0.3) is 0 Å². The van der Waals surface area contributed by atoms with E-state index in [4.69, 9.17) is 15.7 Å². The number of fused-ring (bicyclic) bond motifs is 1. The van der Waals surface area contributed by atoms with E-state index in [1.807, 2.05) is 6.92 Å². The molecule has 0 radical (unpaired) electrons. The number of para-hydroxylation sites is 2. The standard InChI is InChI=1S/C16H17N3O4S/c1-11-6-8-12(9-7-11)24(21,22)19-10-15(16(17)18-20)23-14-5-3-2-4-13(14)19/h2-9,15,20H,10H2,1H3,(H2,17,18)/t15-/m0/s1. The van der Waals surface area contributed by atoms with Crippen LogP contribution in [0.2, 0.25) is 0 Å². The van der Waals surface area contributed by atoms with Crippen LogP contribution in [0.4, 0.5) is 5.69 Å². The molecule has 8 heteroatoms. The van der Waals surface area contributed by atoms with E-state index >= 15 is 0 Å². The van der Waals surface area contributed by atoms with Gasteiger partial charge in [-0.3, -0.25) is 4.31 Å². The first-order valence-corrected chi connectivity index (χ1v) is 8.70. The third-order valence-electron chi connectivity index (χ3n) is 3.79. The maximum atomic E-state index is 13.0. The van der Waals surface area contributed by atoms with Gasteiger partial charge in [0.15, 0.2) is 11.9 Å². The molecule has 0 bridgehead atoms. The lowest BCUT2D eigenvalue weighted by atomic mass is 10.2. The Kier molecular flexibility index (Phi) is 4.06. The molecule has 1 aliphatic heterocycles. The summed E-state index contributed by atoms with van der Waals surface area (Å²) in [4.78, 5) is 0.170. The number of sulfonamides is 1. The summed E-state index contributed by atoms with van der Waals surface area (Å²) < 4.78 is 33.0. The molecular weight excluding hydrogens is 330 g/mol. The summed E-state index contributed by atoms with van der Waals surface area (Å²) in [5, 5.41) is 11.8. The number of ether oxygens (including phenoxy) is 1. The Hall–Kier alpha value is -2.74. The van der Waals surface area contributed by atoms with Crippen LogP contribution in [0.1, 0.15) is 5.56 Å². The number of rotatable bonds is 3. The highest BCUT2D eigenvalue weighted by Gasteiger charge is 2.36. The number of aryl methyl sites for hydroxylation is 1. The van der Waals surface area contributed by atoms with Gasteiger partial charge >= 0.3 is 0 Å². The third kappa shape index (κ3) is 2.76. The predicted molar refractivity (Wildman–Crippen MR) is 90.0 cm³/mol. The van der Waals surface area contributed by atoms with E-state index in [0.717, 1.165) is 5.56 Å². The van der Waals surface area contributed by atoms with Gasteiger partial charge in [-0.15, -0.1) is 0 Å². The summed E-state index contributed by atoms with van der Waals surface area (Å²) in [5.41, 5.74) is 7.00.